The van der Waals surface area contributed by atoms with E-state index in [9.17, 15) is 9.59 Å². The predicted octanol–water partition coefficient (Wildman–Crippen LogP) is -0.937. The molecule has 1 rings (SSSR count). The Hall–Kier alpha value is -1.10. The number of hydrogen-bond acceptors (Lipinski definition) is 5. The highest BCUT2D eigenvalue weighted by molar-refractivity contribution is 6.09. The van der Waals surface area contributed by atoms with Crippen LogP contribution in [0.2, 0.25) is 0 Å². The van der Waals surface area contributed by atoms with E-state index in [1.165, 1.54) is 14.2 Å². The second-order valence-electron chi connectivity index (χ2n) is 2.66. The van der Waals surface area contributed by atoms with Crippen molar-refractivity contribution in [3.05, 3.63) is 0 Å². The first kappa shape index (κ1) is 8.99. The fourth-order valence-electron chi connectivity index (χ4n) is 1.18. The quantitative estimate of drug-likeness (QED) is 0.331. The summed E-state index contributed by atoms with van der Waals surface area (Å²) in [6.07, 6.45) is 0. The number of carbonyl (C=O) groups is 2. The van der Waals surface area contributed by atoms with Crippen LogP contribution in [0, 0.1) is 0 Å². The van der Waals surface area contributed by atoms with Crippen LogP contribution in [0.5, 0.6) is 0 Å². The number of ether oxygens (including phenoxy) is 2. The lowest BCUT2D eigenvalue weighted by Crippen LogP contribution is -2.40. The van der Waals surface area contributed by atoms with E-state index in [0.717, 1.165) is 0 Å². The van der Waals surface area contributed by atoms with Crippen molar-refractivity contribution in [1.82, 2.24) is 5.32 Å². The Morgan fingerprint density at radius 2 is 1.58 bits per heavy atom. The van der Waals surface area contributed by atoms with Gasteiger partial charge in [-0.25, -0.2) is 9.59 Å². The third-order valence-electron chi connectivity index (χ3n) is 2.03. The van der Waals surface area contributed by atoms with Gasteiger partial charge < -0.3 is 9.47 Å². The standard InChI is InChI=1S/C7H11NO4/c1-4-7(8-4,5(9)11-2)6(10)12-3/h4,8H,1-3H3. The molecule has 0 bridgehead atoms. The van der Waals surface area contributed by atoms with Crippen molar-refractivity contribution in [2.24, 2.45) is 0 Å². The van der Waals surface area contributed by atoms with Crippen molar-refractivity contribution in [3.63, 3.8) is 0 Å². The second kappa shape index (κ2) is 2.75. The van der Waals surface area contributed by atoms with Gasteiger partial charge in [0.05, 0.1) is 14.2 Å². The average molecular weight is 173 g/mol. The summed E-state index contributed by atoms with van der Waals surface area (Å²) in [6.45, 7) is 1.72. The smallest absolute Gasteiger partial charge is 0.339 e. The Labute approximate surface area is 70.0 Å². The first-order chi connectivity index (χ1) is 5.59. The van der Waals surface area contributed by atoms with E-state index in [1.807, 2.05) is 0 Å². The summed E-state index contributed by atoms with van der Waals surface area (Å²) in [6, 6.07) is -0.211. The summed E-state index contributed by atoms with van der Waals surface area (Å²) in [5, 5.41) is 2.70. The summed E-state index contributed by atoms with van der Waals surface area (Å²) in [4.78, 5) is 22.2. The zero-order valence-electron chi connectivity index (χ0n) is 7.21. The van der Waals surface area contributed by atoms with Crippen molar-refractivity contribution in [3.8, 4) is 0 Å². The highest BCUT2D eigenvalue weighted by Gasteiger charge is 2.65. The first-order valence-electron chi connectivity index (χ1n) is 3.54. The predicted molar refractivity (Wildman–Crippen MR) is 39.4 cm³/mol. The lowest BCUT2D eigenvalue weighted by Gasteiger charge is -2.08. The van der Waals surface area contributed by atoms with Crippen LogP contribution in [0.25, 0.3) is 0 Å². The number of carbonyl (C=O) groups excluding carboxylic acids is 2. The molecule has 1 aliphatic heterocycles. The van der Waals surface area contributed by atoms with Crippen LogP contribution >= 0.6 is 0 Å². The molecule has 0 amide bonds. The second-order valence-corrected chi connectivity index (χ2v) is 2.66. The van der Waals surface area contributed by atoms with E-state index in [1.54, 1.807) is 6.92 Å². The zero-order valence-corrected chi connectivity index (χ0v) is 7.21. The number of rotatable bonds is 2. The number of esters is 2. The molecule has 0 aromatic heterocycles. The molecular weight excluding hydrogens is 162 g/mol. The molecule has 1 fully saturated rings. The monoisotopic (exact) mass is 173 g/mol. The van der Waals surface area contributed by atoms with Gasteiger partial charge in [0.25, 0.3) is 0 Å². The Bertz CT molecular complexity index is 209. The van der Waals surface area contributed by atoms with Gasteiger partial charge in [-0.05, 0) is 6.92 Å². The van der Waals surface area contributed by atoms with Crippen LogP contribution in [0.1, 0.15) is 6.92 Å². The molecule has 1 heterocycles. The summed E-state index contributed by atoms with van der Waals surface area (Å²) >= 11 is 0. The normalized spacial score (nSPS) is 24.4. The van der Waals surface area contributed by atoms with Crippen molar-refractivity contribution in [1.29, 1.82) is 0 Å². The van der Waals surface area contributed by atoms with E-state index in [0.29, 0.717) is 0 Å². The van der Waals surface area contributed by atoms with Gasteiger partial charge in [0.1, 0.15) is 0 Å². The summed E-state index contributed by atoms with van der Waals surface area (Å²) < 4.78 is 8.94. The molecule has 0 aromatic carbocycles. The maximum absolute atomic E-state index is 11.1. The van der Waals surface area contributed by atoms with Crippen molar-refractivity contribution >= 4 is 11.9 Å². The van der Waals surface area contributed by atoms with Crippen LogP contribution in [0.15, 0.2) is 0 Å². The minimum atomic E-state index is -1.25. The van der Waals surface area contributed by atoms with Crippen LogP contribution < -0.4 is 5.32 Å². The Morgan fingerprint density at radius 1 is 1.25 bits per heavy atom. The maximum Gasteiger partial charge on any atom is 0.339 e. The molecule has 1 atom stereocenters. The van der Waals surface area contributed by atoms with Gasteiger partial charge in [0.2, 0.25) is 5.54 Å². The number of hydrogen-bond donors (Lipinski definition) is 1. The number of nitrogens with one attached hydrogen (secondary N) is 1. The van der Waals surface area contributed by atoms with Crippen molar-refractivity contribution < 1.29 is 19.1 Å². The lowest BCUT2D eigenvalue weighted by molar-refractivity contribution is -0.156. The molecule has 5 heteroatoms. The SMILES string of the molecule is COC(=O)C1(C(=O)OC)NC1C. The van der Waals surface area contributed by atoms with Crippen molar-refractivity contribution in [2.45, 2.75) is 18.5 Å². The van der Waals surface area contributed by atoms with Gasteiger partial charge in [-0.3, -0.25) is 5.32 Å². The molecule has 0 aromatic rings. The van der Waals surface area contributed by atoms with E-state index < -0.39 is 17.5 Å². The fourth-order valence-corrected chi connectivity index (χ4v) is 1.18. The molecule has 1 N–H and O–H groups in total. The summed E-state index contributed by atoms with van der Waals surface area (Å²) in [5.74, 6) is -1.19. The van der Waals surface area contributed by atoms with Gasteiger partial charge in [-0.1, -0.05) is 0 Å². The molecule has 1 aliphatic rings. The molecular formula is C7H11NO4. The molecule has 0 aliphatic carbocycles. The minimum Gasteiger partial charge on any atom is -0.467 e. The molecule has 5 nitrogen and oxygen atoms in total. The van der Waals surface area contributed by atoms with Gasteiger partial charge in [0, 0.05) is 6.04 Å². The van der Waals surface area contributed by atoms with Gasteiger partial charge >= 0.3 is 11.9 Å². The molecule has 68 valence electrons. The third-order valence-corrected chi connectivity index (χ3v) is 2.03. The summed E-state index contributed by atoms with van der Waals surface area (Å²) in [7, 11) is 2.47. The number of methoxy groups -OCH3 is 2. The van der Waals surface area contributed by atoms with Gasteiger partial charge in [-0.15, -0.1) is 0 Å². The van der Waals surface area contributed by atoms with E-state index in [-0.39, 0.29) is 6.04 Å². The van der Waals surface area contributed by atoms with Crippen LogP contribution in [-0.4, -0.2) is 37.7 Å². The largest absolute Gasteiger partial charge is 0.467 e. The molecule has 0 spiro atoms. The van der Waals surface area contributed by atoms with Gasteiger partial charge in [0.15, 0.2) is 0 Å². The van der Waals surface area contributed by atoms with Crippen molar-refractivity contribution in [2.75, 3.05) is 14.2 Å². The van der Waals surface area contributed by atoms with Crippen LogP contribution in [0.4, 0.5) is 0 Å². The highest BCUT2D eigenvalue weighted by Crippen LogP contribution is 2.28. The molecule has 12 heavy (non-hydrogen) atoms. The minimum absolute atomic E-state index is 0.211. The van der Waals surface area contributed by atoms with E-state index in [4.69, 9.17) is 0 Å². The first-order valence-corrected chi connectivity index (χ1v) is 3.54. The Balaban J connectivity index is 2.79. The maximum atomic E-state index is 11.1. The molecule has 1 saturated heterocycles. The Morgan fingerprint density at radius 3 is 1.75 bits per heavy atom. The van der Waals surface area contributed by atoms with Crippen LogP contribution in [-0.2, 0) is 19.1 Å². The van der Waals surface area contributed by atoms with Crippen LogP contribution in [0.3, 0.4) is 0 Å². The third kappa shape index (κ3) is 0.972. The fraction of sp³-hybridized carbons (Fsp3) is 0.714. The van der Waals surface area contributed by atoms with E-state index >= 15 is 0 Å². The highest BCUT2D eigenvalue weighted by atomic mass is 16.5. The topological polar surface area (TPSA) is 74.5 Å². The zero-order chi connectivity index (χ0) is 9.35. The Kier molecular flexibility index (Phi) is 2.06. The lowest BCUT2D eigenvalue weighted by atomic mass is 10.1. The molecule has 0 radical (unpaired) electrons. The van der Waals surface area contributed by atoms with E-state index in [2.05, 4.69) is 14.8 Å². The summed E-state index contributed by atoms with van der Waals surface area (Å²) in [5.41, 5.74) is -1.25. The van der Waals surface area contributed by atoms with Gasteiger partial charge in [-0.2, -0.15) is 0 Å². The molecule has 0 saturated carbocycles. The molecule has 1 unspecified atom stereocenters. The average Bonchev–Trinajstić information content (AvgIpc) is 2.76.